The Bertz CT molecular complexity index is 787. The van der Waals surface area contributed by atoms with Crippen LogP contribution in [0.25, 0.3) is 0 Å². The molecule has 0 unspecified atom stereocenters. The zero-order valence-electron chi connectivity index (χ0n) is 20.0. The van der Waals surface area contributed by atoms with Crippen LogP contribution >= 0.6 is 0 Å². The van der Waals surface area contributed by atoms with Crippen molar-refractivity contribution in [3.8, 4) is 17.2 Å². The van der Waals surface area contributed by atoms with Crippen molar-refractivity contribution in [1.29, 1.82) is 0 Å². The predicted molar refractivity (Wildman–Crippen MR) is 132 cm³/mol. The van der Waals surface area contributed by atoms with Crippen LogP contribution in [0.2, 0.25) is 19.1 Å². The summed E-state index contributed by atoms with van der Waals surface area (Å²) >= 11 is 0. The Balaban J connectivity index is 1.74. The minimum Gasteiger partial charge on any atom is -0.494 e. The van der Waals surface area contributed by atoms with Crippen LogP contribution in [0, 0.1) is 0 Å². The molecule has 0 radical (unpaired) electrons. The SMILES string of the molecule is CCCCCCOc1ccc(OC(=O)c2ccc(OCCC[Si](C)(C)OCC)cc2)cc1. The van der Waals surface area contributed by atoms with Gasteiger partial charge >= 0.3 is 5.97 Å². The van der Waals surface area contributed by atoms with E-state index in [2.05, 4.69) is 20.0 Å². The molecule has 5 nitrogen and oxygen atoms in total. The first-order valence-electron chi connectivity index (χ1n) is 11.8. The Morgan fingerprint density at radius 1 is 0.750 bits per heavy atom. The summed E-state index contributed by atoms with van der Waals surface area (Å²) in [6.45, 7) is 10.8. The summed E-state index contributed by atoms with van der Waals surface area (Å²) in [4.78, 5) is 12.4. The van der Waals surface area contributed by atoms with Gasteiger partial charge in [-0.25, -0.2) is 4.79 Å². The Kier molecular flexibility index (Phi) is 11.3. The smallest absolute Gasteiger partial charge is 0.343 e. The van der Waals surface area contributed by atoms with E-state index in [9.17, 15) is 4.79 Å². The normalized spacial score (nSPS) is 11.2. The Morgan fingerprint density at radius 2 is 1.31 bits per heavy atom. The zero-order valence-corrected chi connectivity index (χ0v) is 21.0. The van der Waals surface area contributed by atoms with E-state index in [4.69, 9.17) is 18.6 Å². The molecular formula is C26H38O5Si. The van der Waals surface area contributed by atoms with Gasteiger partial charge in [0.15, 0.2) is 8.32 Å². The van der Waals surface area contributed by atoms with Gasteiger partial charge in [-0.3, -0.25) is 0 Å². The molecule has 2 aromatic rings. The number of ether oxygens (including phenoxy) is 3. The summed E-state index contributed by atoms with van der Waals surface area (Å²) in [5, 5.41) is 0. The van der Waals surface area contributed by atoms with Crippen molar-refractivity contribution in [2.45, 2.75) is 65.1 Å². The van der Waals surface area contributed by atoms with Crippen molar-refractivity contribution in [2.75, 3.05) is 19.8 Å². The van der Waals surface area contributed by atoms with Crippen LogP contribution in [0.15, 0.2) is 48.5 Å². The van der Waals surface area contributed by atoms with Crippen LogP contribution in [0.1, 0.15) is 56.3 Å². The molecule has 0 aliphatic carbocycles. The summed E-state index contributed by atoms with van der Waals surface area (Å²) < 4.78 is 22.8. The fourth-order valence-electron chi connectivity index (χ4n) is 3.33. The van der Waals surface area contributed by atoms with E-state index in [1.807, 2.05) is 19.1 Å². The molecule has 0 heterocycles. The first kappa shape index (κ1) is 25.9. The molecular weight excluding hydrogens is 420 g/mol. The van der Waals surface area contributed by atoms with E-state index in [1.54, 1.807) is 36.4 Å². The highest BCUT2D eigenvalue weighted by atomic mass is 28.4. The van der Waals surface area contributed by atoms with E-state index in [-0.39, 0.29) is 0 Å². The van der Waals surface area contributed by atoms with Crippen molar-refractivity contribution >= 4 is 14.3 Å². The second-order valence-corrected chi connectivity index (χ2v) is 12.7. The fourth-order valence-corrected chi connectivity index (χ4v) is 5.25. The van der Waals surface area contributed by atoms with Crippen molar-refractivity contribution in [1.82, 2.24) is 0 Å². The van der Waals surface area contributed by atoms with Gasteiger partial charge in [0.05, 0.1) is 18.8 Å². The van der Waals surface area contributed by atoms with Crippen LogP contribution in [-0.4, -0.2) is 34.1 Å². The van der Waals surface area contributed by atoms with Crippen molar-refractivity contribution in [2.24, 2.45) is 0 Å². The second-order valence-electron chi connectivity index (χ2n) is 8.44. The molecule has 0 aliphatic heterocycles. The topological polar surface area (TPSA) is 54.0 Å². The van der Waals surface area contributed by atoms with Crippen molar-refractivity contribution in [3.63, 3.8) is 0 Å². The minimum absolute atomic E-state index is 0.394. The standard InChI is InChI=1S/C26H38O5Si/c1-5-7-8-9-19-28-24-15-17-25(18-16-24)31-26(27)22-11-13-23(14-12-22)29-20-10-21-32(3,4)30-6-2/h11-18H,5-10,19-21H2,1-4H3. The average molecular weight is 459 g/mol. The number of benzene rings is 2. The zero-order chi connectivity index (χ0) is 23.2. The highest BCUT2D eigenvalue weighted by Gasteiger charge is 2.20. The lowest BCUT2D eigenvalue weighted by molar-refractivity contribution is 0.0734. The van der Waals surface area contributed by atoms with Crippen LogP contribution in [-0.2, 0) is 4.43 Å². The first-order chi connectivity index (χ1) is 15.4. The van der Waals surface area contributed by atoms with E-state index in [0.717, 1.165) is 37.0 Å². The third-order valence-corrected chi connectivity index (χ3v) is 7.75. The molecule has 0 atom stereocenters. The van der Waals surface area contributed by atoms with Crippen LogP contribution < -0.4 is 14.2 Å². The largest absolute Gasteiger partial charge is 0.494 e. The molecule has 176 valence electrons. The molecule has 0 saturated carbocycles. The van der Waals surface area contributed by atoms with Crippen LogP contribution in [0.4, 0.5) is 0 Å². The number of carbonyl (C=O) groups is 1. The van der Waals surface area contributed by atoms with E-state index < -0.39 is 14.3 Å². The van der Waals surface area contributed by atoms with Gasteiger partial charge in [0.1, 0.15) is 17.2 Å². The first-order valence-corrected chi connectivity index (χ1v) is 14.9. The number of hydrogen-bond donors (Lipinski definition) is 0. The van der Waals surface area contributed by atoms with Crippen LogP contribution in [0.5, 0.6) is 17.2 Å². The van der Waals surface area contributed by atoms with Gasteiger partial charge in [0.2, 0.25) is 0 Å². The van der Waals surface area contributed by atoms with E-state index in [0.29, 0.717) is 24.5 Å². The number of unbranched alkanes of at least 4 members (excludes halogenated alkanes) is 3. The maximum absolute atomic E-state index is 12.4. The second kappa shape index (κ2) is 14.0. The van der Waals surface area contributed by atoms with Gasteiger partial charge in [-0.2, -0.15) is 0 Å². The summed E-state index contributed by atoms with van der Waals surface area (Å²) in [6.07, 6.45) is 5.65. The predicted octanol–water partition coefficient (Wildman–Crippen LogP) is 6.88. The Morgan fingerprint density at radius 3 is 1.91 bits per heavy atom. The quantitative estimate of drug-likeness (QED) is 0.126. The average Bonchev–Trinajstić information content (AvgIpc) is 2.78. The molecule has 6 heteroatoms. The summed E-state index contributed by atoms with van der Waals surface area (Å²) in [5.74, 6) is 1.64. The van der Waals surface area contributed by atoms with Crippen molar-refractivity contribution < 1.29 is 23.4 Å². The lowest BCUT2D eigenvalue weighted by Gasteiger charge is -2.21. The van der Waals surface area contributed by atoms with Gasteiger partial charge in [0.25, 0.3) is 0 Å². The van der Waals surface area contributed by atoms with Crippen LogP contribution in [0.3, 0.4) is 0 Å². The summed E-state index contributed by atoms with van der Waals surface area (Å²) in [6, 6.07) is 15.3. The molecule has 0 N–H and O–H groups in total. The third kappa shape index (κ3) is 9.87. The Hall–Kier alpha value is -2.31. The number of hydrogen-bond acceptors (Lipinski definition) is 5. The maximum atomic E-state index is 12.4. The van der Waals surface area contributed by atoms with Crippen molar-refractivity contribution in [3.05, 3.63) is 54.1 Å². The molecule has 0 fully saturated rings. The molecule has 0 saturated heterocycles. The molecule has 2 rings (SSSR count). The minimum atomic E-state index is -1.57. The lowest BCUT2D eigenvalue weighted by atomic mass is 10.2. The van der Waals surface area contributed by atoms with E-state index >= 15 is 0 Å². The van der Waals surface area contributed by atoms with E-state index in [1.165, 1.54) is 19.3 Å². The molecule has 2 aromatic carbocycles. The molecule has 0 amide bonds. The highest BCUT2D eigenvalue weighted by Crippen LogP contribution is 2.20. The molecule has 0 spiro atoms. The summed E-state index contributed by atoms with van der Waals surface area (Å²) in [7, 11) is -1.57. The lowest BCUT2D eigenvalue weighted by Crippen LogP contribution is -2.30. The molecule has 0 aromatic heterocycles. The van der Waals surface area contributed by atoms with Gasteiger partial charge in [-0.15, -0.1) is 0 Å². The maximum Gasteiger partial charge on any atom is 0.343 e. The molecule has 0 aliphatic rings. The molecule has 32 heavy (non-hydrogen) atoms. The number of rotatable bonds is 15. The van der Waals surface area contributed by atoms with Gasteiger partial charge in [0, 0.05) is 6.61 Å². The fraction of sp³-hybridized carbons (Fsp3) is 0.500. The van der Waals surface area contributed by atoms with Gasteiger partial charge in [-0.1, -0.05) is 26.2 Å². The molecule has 0 bridgehead atoms. The number of carbonyl (C=O) groups excluding carboxylic acids is 1. The monoisotopic (exact) mass is 458 g/mol. The third-order valence-electron chi connectivity index (χ3n) is 5.12. The number of esters is 1. The highest BCUT2D eigenvalue weighted by molar-refractivity contribution is 6.71. The Labute approximate surface area is 194 Å². The van der Waals surface area contributed by atoms with Gasteiger partial charge in [-0.05, 0) is 87.4 Å². The van der Waals surface area contributed by atoms with Gasteiger partial charge < -0.3 is 18.6 Å². The summed E-state index contributed by atoms with van der Waals surface area (Å²) in [5.41, 5.74) is 0.485.